The molecule has 1 aliphatic carbocycles. The summed E-state index contributed by atoms with van der Waals surface area (Å²) >= 11 is 0. The van der Waals surface area contributed by atoms with Crippen molar-refractivity contribution in [3.05, 3.63) is 58.8 Å². The number of aromatic nitrogens is 1. The molecule has 0 fully saturated rings. The number of pyridine rings is 1. The van der Waals surface area contributed by atoms with Gasteiger partial charge in [0, 0.05) is 34.9 Å². The topological polar surface area (TPSA) is 86.5 Å². The molecule has 0 saturated heterocycles. The maximum atomic E-state index is 12.9. The summed E-state index contributed by atoms with van der Waals surface area (Å²) in [6.07, 6.45) is -2.42. The average Bonchev–Trinajstić information content (AvgIpc) is 2.81. The van der Waals surface area contributed by atoms with Gasteiger partial charge in [0.2, 0.25) is 0 Å². The number of nitrogens with zero attached hydrogens (tertiary/aromatic N) is 1. The van der Waals surface area contributed by atoms with Crippen LogP contribution in [0.15, 0.2) is 36.4 Å². The van der Waals surface area contributed by atoms with Crippen LogP contribution >= 0.6 is 12.4 Å². The summed E-state index contributed by atoms with van der Waals surface area (Å²) < 4.78 is 49.5. The predicted molar refractivity (Wildman–Crippen MR) is 126 cm³/mol. The van der Waals surface area contributed by atoms with Gasteiger partial charge in [-0.3, -0.25) is 9.78 Å². The highest BCUT2D eigenvalue weighted by atomic mass is 35.5. The number of carbonyl (C=O) groups excluding carboxylic acids is 1. The monoisotopic (exact) mass is 495 g/mol. The van der Waals surface area contributed by atoms with Crippen molar-refractivity contribution in [1.29, 1.82) is 0 Å². The molecular weight excluding hydrogens is 471 g/mol. The Bertz CT molecular complexity index is 1220. The van der Waals surface area contributed by atoms with Crippen molar-refractivity contribution in [2.45, 2.75) is 25.4 Å². The molecule has 0 saturated carbocycles. The number of amides is 1. The molecule has 2 aromatic carbocycles. The Kier molecular flexibility index (Phi) is 7.45. The maximum Gasteiger partial charge on any atom is 0.416 e. The Morgan fingerprint density at radius 3 is 2.56 bits per heavy atom. The molecule has 3 N–H and O–H groups in total. The third kappa shape index (κ3) is 4.99. The van der Waals surface area contributed by atoms with Gasteiger partial charge in [0.1, 0.15) is 0 Å². The summed E-state index contributed by atoms with van der Waals surface area (Å²) in [7, 11) is 3.11. The lowest BCUT2D eigenvalue weighted by molar-refractivity contribution is -0.137. The molecule has 10 heteroatoms. The molecule has 34 heavy (non-hydrogen) atoms. The number of nitrogens with two attached hydrogens (primary N) is 1. The molecular formula is C24H25ClF3N3O3. The zero-order chi connectivity index (χ0) is 23.8. The molecule has 4 rings (SSSR count). The van der Waals surface area contributed by atoms with Crippen molar-refractivity contribution >= 4 is 34.9 Å². The Labute approximate surface area is 201 Å². The first-order chi connectivity index (χ1) is 15.7. The van der Waals surface area contributed by atoms with E-state index in [1.807, 2.05) is 6.07 Å². The van der Waals surface area contributed by atoms with E-state index >= 15 is 0 Å². The smallest absolute Gasteiger partial charge is 0.416 e. The first-order valence-electron chi connectivity index (χ1n) is 10.5. The van der Waals surface area contributed by atoms with Crippen LogP contribution in [-0.2, 0) is 19.0 Å². The minimum atomic E-state index is -4.50. The summed E-state index contributed by atoms with van der Waals surface area (Å²) in [4.78, 5) is 17.2. The molecule has 3 aromatic rings. The van der Waals surface area contributed by atoms with Gasteiger partial charge in [-0.2, -0.15) is 13.2 Å². The molecule has 0 radical (unpaired) electrons. The number of ether oxygens (including phenoxy) is 2. The number of alkyl halides is 3. The summed E-state index contributed by atoms with van der Waals surface area (Å²) in [6, 6.07) is 8.01. The van der Waals surface area contributed by atoms with Crippen LogP contribution in [0.5, 0.6) is 11.5 Å². The van der Waals surface area contributed by atoms with E-state index in [0.29, 0.717) is 42.1 Å². The van der Waals surface area contributed by atoms with E-state index in [9.17, 15) is 18.0 Å². The van der Waals surface area contributed by atoms with Crippen LogP contribution < -0.4 is 20.5 Å². The molecule has 1 atom stereocenters. The number of benzene rings is 2. The Morgan fingerprint density at radius 1 is 1.18 bits per heavy atom. The van der Waals surface area contributed by atoms with E-state index in [2.05, 4.69) is 5.32 Å². The minimum absolute atomic E-state index is 0. The number of nitrogen functional groups attached to an aromatic ring is 1. The lowest BCUT2D eigenvalue weighted by Gasteiger charge is -2.26. The Balaban J connectivity index is 0.00000324. The highest BCUT2D eigenvalue weighted by Gasteiger charge is 2.31. The minimum Gasteiger partial charge on any atom is -0.493 e. The molecule has 1 aliphatic rings. The van der Waals surface area contributed by atoms with Crippen LogP contribution in [-0.4, -0.2) is 31.7 Å². The number of methoxy groups -OCH3 is 2. The van der Waals surface area contributed by atoms with E-state index in [1.165, 1.54) is 12.1 Å². The lowest BCUT2D eigenvalue weighted by atomic mass is 9.85. The lowest BCUT2D eigenvalue weighted by Crippen LogP contribution is -2.32. The second kappa shape index (κ2) is 9.97. The molecule has 1 aromatic heterocycles. The van der Waals surface area contributed by atoms with Crippen LogP contribution in [0.4, 0.5) is 18.9 Å². The van der Waals surface area contributed by atoms with Crippen LogP contribution in [0.2, 0.25) is 0 Å². The van der Waals surface area contributed by atoms with E-state index in [1.54, 1.807) is 20.3 Å². The van der Waals surface area contributed by atoms with Gasteiger partial charge in [0.05, 0.1) is 25.3 Å². The van der Waals surface area contributed by atoms with Crippen LogP contribution in [0.1, 0.15) is 33.6 Å². The van der Waals surface area contributed by atoms with E-state index in [4.69, 9.17) is 20.2 Å². The number of nitrogens with one attached hydrogen (secondary N) is 1. The number of hydrogen-bond acceptors (Lipinski definition) is 5. The maximum absolute atomic E-state index is 12.9. The number of halogens is 4. The first kappa shape index (κ1) is 25.4. The van der Waals surface area contributed by atoms with E-state index in [-0.39, 0.29) is 23.9 Å². The van der Waals surface area contributed by atoms with Crippen molar-refractivity contribution in [1.82, 2.24) is 10.3 Å². The van der Waals surface area contributed by atoms with Crippen LogP contribution in [0.25, 0.3) is 10.9 Å². The third-order valence-corrected chi connectivity index (χ3v) is 6.01. The number of hydrogen-bond donors (Lipinski definition) is 2. The molecule has 0 bridgehead atoms. The molecule has 182 valence electrons. The quantitative estimate of drug-likeness (QED) is 0.530. The molecule has 0 spiro atoms. The van der Waals surface area contributed by atoms with Gasteiger partial charge >= 0.3 is 6.18 Å². The van der Waals surface area contributed by atoms with Crippen molar-refractivity contribution in [3.63, 3.8) is 0 Å². The highest BCUT2D eigenvalue weighted by Crippen LogP contribution is 2.38. The highest BCUT2D eigenvalue weighted by molar-refractivity contribution is 5.95. The van der Waals surface area contributed by atoms with Gasteiger partial charge in [-0.05, 0) is 55.0 Å². The second-order valence-corrected chi connectivity index (χ2v) is 8.07. The fourth-order valence-electron chi connectivity index (χ4n) is 4.23. The predicted octanol–water partition coefficient (Wildman–Crippen LogP) is 4.81. The summed E-state index contributed by atoms with van der Waals surface area (Å²) in [6.45, 7) is 0.333. The molecule has 1 unspecified atom stereocenters. The SMILES string of the molecule is COc1cc2nc3c(c(N)c2cc1OC)CCC(CNC(=O)c1cccc(C(F)(F)F)c1)C3.Cl. The summed E-state index contributed by atoms with van der Waals surface area (Å²) in [5.41, 5.74) is 8.77. The van der Waals surface area contributed by atoms with Crippen molar-refractivity contribution in [3.8, 4) is 11.5 Å². The Hall–Kier alpha value is -3.20. The van der Waals surface area contributed by atoms with Crippen molar-refractivity contribution < 1.29 is 27.4 Å². The van der Waals surface area contributed by atoms with Gasteiger partial charge < -0.3 is 20.5 Å². The number of carbonyl (C=O) groups is 1. The van der Waals surface area contributed by atoms with Gasteiger partial charge in [0.15, 0.2) is 11.5 Å². The van der Waals surface area contributed by atoms with Gasteiger partial charge in [-0.25, -0.2) is 0 Å². The normalized spacial score (nSPS) is 15.3. The fraction of sp³-hybridized carbons (Fsp3) is 0.333. The standard InChI is InChI=1S/C24H24F3N3O3.ClH/c1-32-20-10-17-19(11-21(20)33-2)30-18-8-13(6-7-16(18)22(17)28)12-29-23(31)14-4-3-5-15(9-14)24(25,26)27;/h3-5,9-11,13H,6-8,12H2,1-2H3,(H2,28,30)(H,29,31);1H. The summed E-state index contributed by atoms with van der Waals surface area (Å²) in [5.74, 6) is 0.688. The van der Waals surface area contributed by atoms with E-state index < -0.39 is 17.6 Å². The van der Waals surface area contributed by atoms with Gasteiger partial charge in [-0.15, -0.1) is 12.4 Å². The Morgan fingerprint density at radius 2 is 1.88 bits per heavy atom. The zero-order valence-corrected chi connectivity index (χ0v) is 19.5. The van der Waals surface area contributed by atoms with Gasteiger partial charge in [0.25, 0.3) is 5.91 Å². The first-order valence-corrected chi connectivity index (χ1v) is 10.5. The van der Waals surface area contributed by atoms with E-state index in [0.717, 1.165) is 35.2 Å². The largest absolute Gasteiger partial charge is 0.493 e. The molecule has 6 nitrogen and oxygen atoms in total. The van der Waals surface area contributed by atoms with Crippen molar-refractivity contribution in [2.75, 3.05) is 26.5 Å². The zero-order valence-electron chi connectivity index (χ0n) is 18.7. The number of rotatable bonds is 5. The van der Waals surface area contributed by atoms with Gasteiger partial charge in [-0.1, -0.05) is 6.07 Å². The molecule has 1 heterocycles. The number of fused-ring (bicyclic) bond motifs is 2. The van der Waals surface area contributed by atoms with Crippen LogP contribution in [0.3, 0.4) is 0 Å². The van der Waals surface area contributed by atoms with Crippen LogP contribution in [0, 0.1) is 5.92 Å². The fourth-order valence-corrected chi connectivity index (χ4v) is 4.23. The van der Waals surface area contributed by atoms with Crippen molar-refractivity contribution in [2.24, 2.45) is 5.92 Å². The third-order valence-electron chi connectivity index (χ3n) is 6.01. The summed E-state index contributed by atoms with van der Waals surface area (Å²) in [5, 5.41) is 3.56. The molecule has 0 aliphatic heterocycles. The second-order valence-electron chi connectivity index (χ2n) is 8.07. The average molecular weight is 496 g/mol. The number of anilines is 1. The molecule has 1 amide bonds.